The second-order valence-corrected chi connectivity index (χ2v) is 6.05. The van der Waals surface area contributed by atoms with E-state index in [2.05, 4.69) is 0 Å². The summed E-state index contributed by atoms with van der Waals surface area (Å²) in [6.07, 6.45) is 0.797. The Kier molecular flexibility index (Phi) is 3.62. The van der Waals surface area contributed by atoms with E-state index in [9.17, 15) is 13.4 Å². The van der Waals surface area contributed by atoms with Gasteiger partial charge in [-0.3, -0.25) is 4.79 Å². The molecular formula is C17H11FO2S. The number of hydrogen-bond donors (Lipinski definition) is 0. The highest BCUT2D eigenvalue weighted by molar-refractivity contribution is 7.85. The molecule has 3 aromatic rings. The Bertz CT molecular complexity index is 858. The smallest absolute Gasteiger partial charge is 0.150 e. The summed E-state index contributed by atoms with van der Waals surface area (Å²) in [6.45, 7) is 0. The lowest BCUT2D eigenvalue weighted by Gasteiger charge is -2.06. The number of fused-ring (bicyclic) bond motifs is 1. The van der Waals surface area contributed by atoms with Crippen LogP contribution in [-0.4, -0.2) is 10.5 Å². The number of rotatable bonds is 3. The van der Waals surface area contributed by atoms with E-state index in [0.29, 0.717) is 15.4 Å². The molecular weight excluding hydrogens is 287 g/mol. The van der Waals surface area contributed by atoms with Gasteiger partial charge in [0.25, 0.3) is 0 Å². The molecule has 1 unspecified atom stereocenters. The van der Waals surface area contributed by atoms with E-state index in [4.69, 9.17) is 0 Å². The van der Waals surface area contributed by atoms with Crippen LogP contribution in [0.25, 0.3) is 10.8 Å². The minimum atomic E-state index is -1.45. The average Bonchev–Trinajstić information content (AvgIpc) is 2.53. The number of carbonyl (C=O) groups is 1. The van der Waals surface area contributed by atoms with Crippen molar-refractivity contribution in [2.45, 2.75) is 9.79 Å². The standard InChI is InChI=1S/C17H11FO2S/c18-14-5-2-6-15(10-14)21(20)16-7-8-17-12(9-16)3-1-4-13(17)11-19/h1-11H. The molecule has 0 radical (unpaired) electrons. The van der Waals surface area contributed by atoms with Gasteiger partial charge in [-0.1, -0.05) is 30.3 Å². The van der Waals surface area contributed by atoms with E-state index in [1.807, 2.05) is 6.07 Å². The Labute approximate surface area is 123 Å². The fourth-order valence-corrected chi connectivity index (χ4v) is 3.34. The molecule has 3 rings (SSSR count). The van der Waals surface area contributed by atoms with Crippen molar-refractivity contribution < 1.29 is 13.4 Å². The van der Waals surface area contributed by atoms with Crippen LogP contribution in [0.3, 0.4) is 0 Å². The fraction of sp³-hybridized carbons (Fsp3) is 0. The molecule has 1 atom stereocenters. The maximum absolute atomic E-state index is 13.2. The van der Waals surface area contributed by atoms with Crippen molar-refractivity contribution in [3.05, 3.63) is 72.0 Å². The number of hydrogen-bond acceptors (Lipinski definition) is 2. The van der Waals surface area contributed by atoms with Crippen LogP contribution in [0.4, 0.5) is 4.39 Å². The van der Waals surface area contributed by atoms with E-state index in [0.717, 1.165) is 17.1 Å². The summed E-state index contributed by atoms with van der Waals surface area (Å²) >= 11 is 0. The third kappa shape index (κ3) is 2.62. The second-order valence-electron chi connectivity index (χ2n) is 4.57. The van der Waals surface area contributed by atoms with Gasteiger partial charge in [-0.2, -0.15) is 0 Å². The molecule has 0 fully saturated rings. The molecule has 0 amide bonds. The first-order valence-corrected chi connectivity index (χ1v) is 7.49. The van der Waals surface area contributed by atoms with Crippen molar-refractivity contribution in [1.29, 1.82) is 0 Å². The van der Waals surface area contributed by atoms with Gasteiger partial charge in [0, 0.05) is 15.4 Å². The Balaban J connectivity index is 2.09. The molecule has 0 aliphatic heterocycles. The molecule has 4 heteroatoms. The van der Waals surface area contributed by atoms with Gasteiger partial charge in [0.2, 0.25) is 0 Å². The monoisotopic (exact) mass is 298 g/mol. The highest BCUT2D eigenvalue weighted by Crippen LogP contribution is 2.24. The molecule has 0 aliphatic rings. The first-order chi connectivity index (χ1) is 10.2. The van der Waals surface area contributed by atoms with Crippen LogP contribution < -0.4 is 0 Å². The molecule has 0 saturated carbocycles. The lowest BCUT2D eigenvalue weighted by atomic mass is 10.1. The Morgan fingerprint density at radius 2 is 1.67 bits per heavy atom. The Morgan fingerprint density at radius 1 is 0.905 bits per heavy atom. The van der Waals surface area contributed by atoms with Gasteiger partial charge >= 0.3 is 0 Å². The third-order valence-corrected chi connectivity index (χ3v) is 4.60. The van der Waals surface area contributed by atoms with Gasteiger partial charge in [-0.25, -0.2) is 8.60 Å². The molecule has 2 nitrogen and oxygen atoms in total. The lowest BCUT2D eigenvalue weighted by Crippen LogP contribution is -1.94. The SMILES string of the molecule is O=Cc1cccc2cc(S(=O)c3cccc(F)c3)ccc12. The van der Waals surface area contributed by atoms with E-state index in [-0.39, 0.29) is 0 Å². The predicted molar refractivity (Wildman–Crippen MR) is 80.4 cm³/mol. The quantitative estimate of drug-likeness (QED) is 0.686. The lowest BCUT2D eigenvalue weighted by molar-refractivity contribution is 0.112. The molecule has 0 aromatic heterocycles. The maximum atomic E-state index is 13.2. The van der Waals surface area contributed by atoms with Crippen LogP contribution in [0.2, 0.25) is 0 Å². The highest BCUT2D eigenvalue weighted by atomic mass is 32.2. The third-order valence-electron chi connectivity index (χ3n) is 3.24. The van der Waals surface area contributed by atoms with Crippen LogP contribution in [-0.2, 0) is 10.8 Å². The maximum Gasteiger partial charge on any atom is 0.150 e. The summed E-state index contributed by atoms with van der Waals surface area (Å²) in [5, 5.41) is 1.65. The largest absolute Gasteiger partial charge is 0.298 e. The molecule has 0 spiro atoms. The van der Waals surface area contributed by atoms with Gasteiger partial charge in [-0.15, -0.1) is 0 Å². The van der Waals surface area contributed by atoms with Crippen molar-refractivity contribution in [3.63, 3.8) is 0 Å². The topological polar surface area (TPSA) is 34.1 Å². The molecule has 0 heterocycles. The summed E-state index contributed by atoms with van der Waals surface area (Å²) in [7, 11) is -1.45. The van der Waals surface area contributed by atoms with E-state index in [1.54, 1.807) is 36.4 Å². The van der Waals surface area contributed by atoms with Crippen LogP contribution in [0.5, 0.6) is 0 Å². The predicted octanol–water partition coefficient (Wildman–Crippen LogP) is 3.96. The average molecular weight is 298 g/mol. The van der Waals surface area contributed by atoms with Gasteiger partial charge in [0.15, 0.2) is 6.29 Å². The first-order valence-electron chi connectivity index (χ1n) is 6.34. The Hall–Kier alpha value is -2.33. The first kappa shape index (κ1) is 13.6. The van der Waals surface area contributed by atoms with Gasteiger partial charge in [-0.05, 0) is 41.1 Å². The molecule has 0 saturated heterocycles. The summed E-state index contributed by atoms with van der Waals surface area (Å²) in [5.74, 6) is -0.412. The minimum absolute atomic E-state index is 0.412. The molecule has 3 aromatic carbocycles. The van der Waals surface area contributed by atoms with Crippen molar-refractivity contribution in [3.8, 4) is 0 Å². The van der Waals surface area contributed by atoms with Gasteiger partial charge < -0.3 is 0 Å². The summed E-state index contributed by atoms with van der Waals surface area (Å²) in [4.78, 5) is 12.0. The summed E-state index contributed by atoms with van der Waals surface area (Å²) in [6, 6.07) is 16.4. The highest BCUT2D eigenvalue weighted by Gasteiger charge is 2.09. The van der Waals surface area contributed by atoms with E-state index < -0.39 is 16.6 Å². The van der Waals surface area contributed by atoms with Crippen LogP contribution >= 0.6 is 0 Å². The molecule has 0 aliphatic carbocycles. The van der Waals surface area contributed by atoms with E-state index >= 15 is 0 Å². The van der Waals surface area contributed by atoms with Crippen molar-refractivity contribution in [2.24, 2.45) is 0 Å². The van der Waals surface area contributed by atoms with Crippen LogP contribution in [0.1, 0.15) is 10.4 Å². The van der Waals surface area contributed by atoms with E-state index in [1.165, 1.54) is 18.2 Å². The zero-order valence-corrected chi connectivity index (χ0v) is 11.8. The second kappa shape index (κ2) is 5.58. The molecule has 21 heavy (non-hydrogen) atoms. The number of aldehydes is 1. The molecule has 0 bridgehead atoms. The summed E-state index contributed by atoms with van der Waals surface area (Å²) < 4.78 is 25.7. The zero-order chi connectivity index (χ0) is 14.8. The van der Waals surface area contributed by atoms with Crippen LogP contribution in [0, 0.1) is 5.82 Å². The van der Waals surface area contributed by atoms with Gasteiger partial charge in [0.1, 0.15) is 5.82 Å². The van der Waals surface area contributed by atoms with Crippen LogP contribution in [0.15, 0.2) is 70.5 Å². The van der Waals surface area contributed by atoms with Crippen molar-refractivity contribution in [1.82, 2.24) is 0 Å². The minimum Gasteiger partial charge on any atom is -0.298 e. The summed E-state index contributed by atoms with van der Waals surface area (Å²) in [5.41, 5.74) is 0.593. The number of halogens is 1. The zero-order valence-electron chi connectivity index (χ0n) is 11.0. The van der Waals surface area contributed by atoms with Crippen molar-refractivity contribution in [2.75, 3.05) is 0 Å². The fourth-order valence-electron chi connectivity index (χ4n) is 2.22. The molecule has 104 valence electrons. The normalized spacial score (nSPS) is 12.2. The molecule has 0 N–H and O–H groups in total. The number of carbonyl (C=O) groups excluding carboxylic acids is 1. The van der Waals surface area contributed by atoms with Crippen molar-refractivity contribution >= 4 is 27.9 Å². The number of benzene rings is 3. The van der Waals surface area contributed by atoms with Gasteiger partial charge in [0.05, 0.1) is 10.8 Å². The Morgan fingerprint density at radius 3 is 2.43 bits per heavy atom.